The molecule has 7 amide bonds. The lowest BCUT2D eigenvalue weighted by atomic mass is 9.96. The maximum absolute atomic E-state index is 14.4. The van der Waals surface area contributed by atoms with E-state index in [1.54, 1.807) is 6.92 Å². The van der Waals surface area contributed by atoms with Crippen molar-refractivity contribution < 1.29 is 77.5 Å². The molecule has 9 N–H and O–H groups in total. The van der Waals surface area contributed by atoms with Crippen LogP contribution in [0.4, 0.5) is 5.69 Å². The first-order chi connectivity index (χ1) is 38.2. The number of piperidine rings is 1. The van der Waals surface area contributed by atoms with Crippen LogP contribution in [0.3, 0.4) is 0 Å². The number of nitrogens with zero attached hydrogens (tertiary/aromatic N) is 5. The number of nitrogens with one attached hydrogen (secondary N) is 6. The average Bonchev–Trinajstić information content (AvgIpc) is 4.06. The van der Waals surface area contributed by atoms with E-state index in [0.29, 0.717) is 70.9 Å². The summed E-state index contributed by atoms with van der Waals surface area (Å²) in [5.41, 5.74) is 2.23. The molecule has 0 radical (unpaired) electrons. The van der Waals surface area contributed by atoms with E-state index in [4.69, 9.17) is 9.47 Å². The number of carboxylic acids is 3. The Labute approximate surface area is 464 Å². The summed E-state index contributed by atoms with van der Waals surface area (Å²) < 4.78 is 10.4. The molecule has 1 aromatic rings. The number of carbonyl (C=O) groups is 11. The Morgan fingerprint density at radius 1 is 0.688 bits per heavy atom. The van der Waals surface area contributed by atoms with Gasteiger partial charge in [-0.15, -0.1) is 0 Å². The van der Waals surface area contributed by atoms with Gasteiger partial charge in [0.15, 0.2) is 0 Å². The second-order valence-corrected chi connectivity index (χ2v) is 21.4. The Hall–Kier alpha value is -6.81. The van der Waals surface area contributed by atoms with Crippen molar-refractivity contribution in [1.29, 1.82) is 0 Å². The lowest BCUT2D eigenvalue weighted by molar-refractivity contribution is -0.160. The van der Waals surface area contributed by atoms with Crippen LogP contribution in [0, 0.1) is 11.8 Å². The molecule has 442 valence electrons. The Balaban J connectivity index is 0.919. The summed E-state index contributed by atoms with van der Waals surface area (Å²) in [5, 5.41) is 44.4. The number of hydrogen-bond acceptors (Lipinski definition) is 17. The first-order valence-electron chi connectivity index (χ1n) is 27.7. The van der Waals surface area contributed by atoms with Crippen molar-refractivity contribution in [3.63, 3.8) is 0 Å². The maximum Gasteiger partial charge on any atom is 0.317 e. The van der Waals surface area contributed by atoms with Gasteiger partial charge in [0.05, 0.1) is 31.7 Å². The summed E-state index contributed by atoms with van der Waals surface area (Å²) in [5.74, 6) is -7.52. The molecule has 0 aliphatic carbocycles. The van der Waals surface area contributed by atoms with Crippen molar-refractivity contribution in [2.45, 2.75) is 121 Å². The molecule has 0 bridgehead atoms. The third kappa shape index (κ3) is 18.4. The van der Waals surface area contributed by atoms with Gasteiger partial charge < -0.3 is 61.6 Å². The Kier molecular flexibility index (Phi) is 23.5. The molecule has 6 rings (SSSR count). The highest BCUT2D eigenvalue weighted by Crippen LogP contribution is 2.39. The molecule has 5 heterocycles. The molecule has 5 aliphatic heterocycles. The van der Waals surface area contributed by atoms with Crippen molar-refractivity contribution >= 4 is 70.9 Å². The number of methoxy groups -OCH3 is 1. The van der Waals surface area contributed by atoms with E-state index < -0.39 is 108 Å². The molecule has 0 saturated carbocycles. The summed E-state index contributed by atoms with van der Waals surface area (Å²) in [6.45, 7) is 8.14. The number of esters is 1. The van der Waals surface area contributed by atoms with Crippen molar-refractivity contribution in [2.24, 2.45) is 11.8 Å². The van der Waals surface area contributed by atoms with Crippen molar-refractivity contribution in [2.75, 3.05) is 104 Å². The normalized spacial score (nSPS) is 22.4. The summed E-state index contributed by atoms with van der Waals surface area (Å²) in [6, 6.07) is 0.517. The molecular formula is C53H79N11O16. The van der Waals surface area contributed by atoms with Crippen LogP contribution >= 0.6 is 0 Å². The molecule has 5 aliphatic rings. The van der Waals surface area contributed by atoms with Gasteiger partial charge in [0, 0.05) is 91.7 Å². The monoisotopic (exact) mass is 1130 g/mol. The Morgan fingerprint density at radius 2 is 1.30 bits per heavy atom. The van der Waals surface area contributed by atoms with Gasteiger partial charge in [0.2, 0.25) is 47.6 Å². The van der Waals surface area contributed by atoms with E-state index >= 15 is 0 Å². The van der Waals surface area contributed by atoms with Crippen molar-refractivity contribution in [3.8, 4) is 0 Å². The number of hydrogen-bond donors (Lipinski definition) is 9. The standard InChI is InChI=1S/C53H79N11O16/c1-4-32(2)47(51(77)57-37-9-8-34-6-5-7-35-26-39(64(48(34)35)52(37)78)50(76)58-38-27-46(74)80-53(38)79-3)59-41(66)13-16-54-40(65)12-17-55-49(75)36(10-11-43(68)69)56-42(67)29-60-18-14-33(15-19-60)28-61-20-22-62(30-44(70)71)24-25-63(23-21-61)31-45(72)73/h5-7,32-33,36-39,47,53H,4,8-31H2,1-3H3,(H,54,65)(H,55,75)(H,56,67)(H,57,77)(H,58,76)(H,59,66)(H,68,69)(H,70,71)(H,72,73)/t32-,36+,37-,38-,39-,47-,53-/m0/s1. The molecule has 7 atom stereocenters. The lowest BCUT2D eigenvalue weighted by Crippen LogP contribution is -2.59. The fraction of sp³-hybridized carbons (Fsp3) is 0.679. The van der Waals surface area contributed by atoms with Crippen molar-refractivity contribution in [1.82, 2.24) is 51.5 Å². The van der Waals surface area contributed by atoms with Gasteiger partial charge in [-0.25, -0.2) is 0 Å². The molecule has 0 aromatic heterocycles. The number of rotatable bonds is 27. The van der Waals surface area contributed by atoms with Gasteiger partial charge in [0.1, 0.15) is 30.2 Å². The van der Waals surface area contributed by atoms with E-state index in [1.165, 1.54) is 12.0 Å². The van der Waals surface area contributed by atoms with Crippen LogP contribution in [-0.2, 0) is 75.1 Å². The predicted octanol–water partition coefficient (Wildman–Crippen LogP) is -2.53. The second kappa shape index (κ2) is 30.1. The number of amides is 7. The maximum atomic E-state index is 14.4. The molecule has 27 heteroatoms. The summed E-state index contributed by atoms with van der Waals surface area (Å²) >= 11 is 0. The summed E-state index contributed by atoms with van der Waals surface area (Å²) in [7, 11) is 1.35. The molecule has 27 nitrogen and oxygen atoms in total. The van der Waals surface area contributed by atoms with Gasteiger partial charge >= 0.3 is 23.9 Å². The number of carbonyl (C=O) groups excluding carboxylic acids is 8. The second-order valence-electron chi connectivity index (χ2n) is 21.4. The number of likely N-dealkylation sites (tertiary alicyclic amines) is 1. The Bertz CT molecular complexity index is 2390. The van der Waals surface area contributed by atoms with Gasteiger partial charge in [-0.3, -0.25) is 72.3 Å². The minimum atomic E-state index is -1.19. The SMILES string of the molecule is CC[C@H](C)[C@H](NC(=O)CCNC(=O)CCNC(=O)[C@@H](CCC(=O)O)NC(=O)CN1CCC(CN2CCN(CC(=O)O)CCN(CC(=O)O)CC2)CC1)C(=O)N[C@H]1CCc2cccc3c2N(C1=O)[C@H](C(=O)N[C@H]1CC(=O)O[C@@H]1OC)C3. The molecule has 3 fully saturated rings. The highest BCUT2D eigenvalue weighted by Gasteiger charge is 2.46. The minimum Gasteiger partial charge on any atom is -0.481 e. The van der Waals surface area contributed by atoms with Gasteiger partial charge in [-0.05, 0) is 68.2 Å². The summed E-state index contributed by atoms with van der Waals surface area (Å²) in [6.07, 6.45) is 0.747. The highest BCUT2D eigenvalue weighted by molar-refractivity contribution is 6.08. The van der Waals surface area contributed by atoms with Crippen LogP contribution < -0.4 is 36.8 Å². The topological polar surface area (TPSA) is 355 Å². The van der Waals surface area contributed by atoms with Gasteiger partial charge in [0.25, 0.3) is 0 Å². The van der Waals surface area contributed by atoms with Crippen LogP contribution in [0.15, 0.2) is 18.2 Å². The summed E-state index contributed by atoms with van der Waals surface area (Å²) in [4.78, 5) is 150. The zero-order valence-electron chi connectivity index (χ0n) is 45.9. The number of benzene rings is 1. The number of aryl methyl sites for hydroxylation is 1. The van der Waals surface area contributed by atoms with E-state index in [-0.39, 0.29) is 83.1 Å². The number of aliphatic carboxylic acids is 3. The van der Waals surface area contributed by atoms with E-state index in [2.05, 4.69) is 36.8 Å². The molecule has 0 unspecified atom stereocenters. The van der Waals surface area contributed by atoms with Crippen molar-refractivity contribution in [3.05, 3.63) is 29.3 Å². The number of carboxylic acid groups (broad SMARTS) is 3. The van der Waals surface area contributed by atoms with Gasteiger partial charge in [-0.1, -0.05) is 38.5 Å². The van der Waals surface area contributed by atoms with Crippen LogP contribution in [0.25, 0.3) is 0 Å². The zero-order valence-corrected chi connectivity index (χ0v) is 45.9. The zero-order chi connectivity index (χ0) is 58.0. The Morgan fingerprint density at radius 3 is 1.93 bits per heavy atom. The molecule has 3 saturated heterocycles. The van der Waals surface area contributed by atoms with Crippen LogP contribution in [0.5, 0.6) is 0 Å². The minimum absolute atomic E-state index is 0.0308. The lowest BCUT2D eigenvalue weighted by Gasteiger charge is -2.35. The molecule has 1 aromatic carbocycles. The third-order valence-corrected chi connectivity index (χ3v) is 15.5. The average molecular weight is 1130 g/mol. The molecule has 80 heavy (non-hydrogen) atoms. The number of ether oxygens (including phenoxy) is 2. The van der Waals surface area contributed by atoms with Gasteiger partial charge in [-0.2, -0.15) is 0 Å². The van der Waals surface area contributed by atoms with Crippen LogP contribution in [0.2, 0.25) is 0 Å². The number of anilines is 1. The van der Waals surface area contributed by atoms with Crippen LogP contribution in [0.1, 0.15) is 82.8 Å². The largest absolute Gasteiger partial charge is 0.481 e. The third-order valence-electron chi connectivity index (χ3n) is 15.5. The number of para-hydroxylation sites is 1. The fourth-order valence-electron chi connectivity index (χ4n) is 10.9. The van der Waals surface area contributed by atoms with Crippen LogP contribution in [-0.4, -0.2) is 235 Å². The quantitative estimate of drug-likeness (QED) is 0.0410. The fourth-order valence-corrected chi connectivity index (χ4v) is 10.9. The first kappa shape index (κ1) is 62.4. The highest BCUT2D eigenvalue weighted by atomic mass is 16.7. The number of cyclic esters (lactones) is 1. The smallest absolute Gasteiger partial charge is 0.317 e. The van der Waals surface area contributed by atoms with E-state index in [1.807, 2.05) is 39.8 Å². The molecular weight excluding hydrogens is 1050 g/mol. The van der Waals surface area contributed by atoms with E-state index in [0.717, 1.165) is 30.5 Å². The van der Waals surface area contributed by atoms with E-state index in [9.17, 15) is 68.1 Å². The predicted molar refractivity (Wildman–Crippen MR) is 284 cm³/mol. The molecule has 0 spiro atoms. The first-order valence-corrected chi connectivity index (χ1v) is 27.7.